The molecule has 6 heteroatoms. The molecule has 1 aromatic rings. The van der Waals surface area contributed by atoms with Crippen molar-refractivity contribution in [1.29, 1.82) is 0 Å². The zero-order valence-electron chi connectivity index (χ0n) is 12.1. The fourth-order valence-corrected chi connectivity index (χ4v) is 2.51. The minimum Gasteiger partial charge on any atom is -0.492 e. The second kappa shape index (κ2) is 6.26. The van der Waals surface area contributed by atoms with Gasteiger partial charge in [0.1, 0.15) is 11.5 Å². The van der Waals surface area contributed by atoms with E-state index in [4.69, 9.17) is 21.7 Å². The van der Waals surface area contributed by atoms with E-state index >= 15 is 0 Å². The van der Waals surface area contributed by atoms with Crippen LogP contribution in [0.15, 0.2) is 6.08 Å². The summed E-state index contributed by atoms with van der Waals surface area (Å²) < 4.78 is 13.2. The van der Waals surface area contributed by atoms with E-state index in [1.165, 1.54) is 0 Å². The Morgan fingerprint density at radius 1 is 1.40 bits per heavy atom. The largest absolute Gasteiger partial charge is 0.492 e. The number of carbonyl (C=O) groups is 1. The minimum absolute atomic E-state index is 0.298. The zero-order valence-corrected chi connectivity index (χ0v) is 12.9. The maximum atomic E-state index is 12.3. The highest BCUT2D eigenvalue weighted by Gasteiger charge is 2.32. The monoisotopic (exact) mass is 296 g/mol. The lowest BCUT2D eigenvalue weighted by molar-refractivity contribution is 0.0512. The zero-order chi connectivity index (χ0) is 14.7. The van der Waals surface area contributed by atoms with Crippen LogP contribution in [0.25, 0.3) is 5.76 Å². The molecule has 0 unspecified atom stereocenters. The molecule has 1 N–H and O–H groups in total. The van der Waals surface area contributed by atoms with Gasteiger partial charge in [0, 0.05) is 6.04 Å². The van der Waals surface area contributed by atoms with Gasteiger partial charge in [-0.3, -0.25) is 0 Å². The van der Waals surface area contributed by atoms with Gasteiger partial charge in [-0.25, -0.2) is 4.79 Å². The molecule has 2 rings (SSSR count). The van der Waals surface area contributed by atoms with Gasteiger partial charge in [0.2, 0.25) is 0 Å². The van der Waals surface area contributed by atoms with Crippen molar-refractivity contribution in [2.75, 3.05) is 13.2 Å². The van der Waals surface area contributed by atoms with Crippen molar-refractivity contribution in [2.45, 2.75) is 39.7 Å². The Kier molecular flexibility index (Phi) is 4.65. The van der Waals surface area contributed by atoms with E-state index in [0.29, 0.717) is 41.2 Å². The first-order chi connectivity index (χ1) is 9.63. The van der Waals surface area contributed by atoms with Gasteiger partial charge in [-0.2, -0.15) is 0 Å². The molecule has 0 saturated heterocycles. The molecule has 0 bridgehead atoms. The third-order valence-electron chi connectivity index (χ3n) is 3.12. The molecule has 1 heterocycles. The van der Waals surface area contributed by atoms with E-state index in [9.17, 15) is 4.79 Å². The van der Waals surface area contributed by atoms with Crippen molar-refractivity contribution in [3.8, 4) is 0 Å². The molecule has 0 atom stereocenters. The maximum Gasteiger partial charge on any atom is 0.357 e. The van der Waals surface area contributed by atoms with Gasteiger partial charge in [0.05, 0.1) is 13.2 Å². The average Bonchev–Trinajstić information content (AvgIpc) is 3.19. The van der Waals surface area contributed by atoms with Crippen molar-refractivity contribution >= 4 is 23.9 Å². The Bertz CT molecular complexity index is 582. The predicted molar refractivity (Wildman–Crippen MR) is 79.1 cm³/mol. The number of H-pyrrole nitrogens is 1. The summed E-state index contributed by atoms with van der Waals surface area (Å²) in [5.41, 5.74) is 1.09. The first-order valence-corrected chi connectivity index (χ1v) is 7.35. The number of esters is 1. The van der Waals surface area contributed by atoms with Gasteiger partial charge >= 0.3 is 5.97 Å². The number of ether oxygens (including phenoxy) is 2. The predicted octanol–water partition coefficient (Wildman–Crippen LogP) is 3.45. The summed E-state index contributed by atoms with van der Waals surface area (Å²) in [6.07, 6.45) is 3.90. The van der Waals surface area contributed by atoms with Crippen LogP contribution in [0.5, 0.6) is 0 Å². The van der Waals surface area contributed by atoms with Crippen LogP contribution < -0.4 is 0 Å². The first-order valence-electron chi connectivity index (χ1n) is 6.95. The third kappa shape index (κ3) is 2.80. The van der Waals surface area contributed by atoms with Crippen molar-refractivity contribution in [1.82, 2.24) is 9.55 Å². The number of allylic oxidation sites excluding steroid dienone is 1. The number of carbonyl (C=O) groups excluding carboxylic acids is 1. The summed E-state index contributed by atoms with van der Waals surface area (Å²) in [5, 5.41) is 0. The van der Waals surface area contributed by atoms with E-state index in [-0.39, 0.29) is 5.97 Å². The SMILES string of the molecule is CC=C(OCC)c1[nH]c(=S)n(C2CC2)c1C(=O)OCC. The fourth-order valence-electron chi connectivity index (χ4n) is 2.16. The maximum absolute atomic E-state index is 12.3. The molecule has 1 aliphatic rings. The van der Waals surface area contributed by atoms with Crippen molar-refractivity contribution < 1.29 is 14.3 Å². The molecule has 0 aliphatic heterocycles. The van der Waals surface area contributed by atoms with Gasteiger partial charge in [-0.05, 0) is 51.9 Å². The Hall–Kier alpha value is -1.56. The Balaban J connectivity index is 2.53. The van der Waals surface area contributed by atoms with Crippen LogP contribution in [0, 0.1) is 4.77 Å². The summed E-state index contributed by atoms with van der Waals surface area (Å²) in [6, 6.07) is 0.298. The molecule has 0 spiro atoms. The van der Waals surface area contributed by atoms with E-state index in [1.54, 1.807) is 6.92 Å². The molecule has 1 aromatic heterocycles. The summed E-state index contributed by atoms with van der Waals surface area (Å²) >= 11 is 5.35. The quantitative estimate of drug-likeness (QED) is 0.496. The van der Waals surface area contributed by atoms with E-state index < -0.39 is 0 Å². The van der Waals surface area contributed by atoms with Crippen LogP contribution in [0.1, 0.15) is 55.8 Å². The highest BCUT2D eigenvalue weighted by Crippen LogP contribution is 2.38. The Morgan fingerprint density at radius 3 is 2.55 bits per heavy atom. The first kappa shape index (κ1) is 14.8. The number of aromatic amines is 1. The summed E-state index contributed by atoms with van der Waals surface area (Å²) in [5.74, 6) is 0.266. The van der Waals surface area contributed by atoms with Crippen LogP contribution in [0.4, 0.5) is 0 Å². The van der Waals surface area contributed by atoms with E-state index in [1.807, 2.05) is 24.5 Å². The second-order valence-corrected chi connectivity index (χ2v) is 4.95. The molecular formula is C14H20N2O3S. The highest BCUT2D eigenvalue weighted by atomic mass is 32.1. The summed E-state index contributed by atoms with van der Waals surface area (Å²) in [7, 11) is 0. The van der Waals surface area contributed by atoms with Gasteiger partial charge in [0.15, 0.2) is 10.5 Å². The molecule has 1 aliphatic carbocycles. The van der Waals surface area contributed by atoms with Crippen LogP contribution in [0.2, 0.25) is 0 Å². The van der Waals surface area contributed by atoms with E-state index in [2.05, 4.69) is 4.98 Å². The van der Waals surface area contributed by atoms with Crippen LogP contribution in [-0.2, 0) is 9.47 Å². The number of nitrogens with zero attached hydrogens (tertiary/aromatic N) is 1. The van der Waals surface area contributed by atoms with Gasteiger partial charge in [-0.1, -0.05) is 0 Å². The second-order valence-electron chi connectivity index (χ2n) is 4.56. The molecule has 0 amide bonds. The number of hydrogen-bond acceptors (Lipinski definition) is 4. The molecular weight excluding hydrogens is 276 g/mol. The fraction of sp³-hybridized carbons (Fsp3) is 0.571. The summed E-state index contributed by atoms with van der Waals surface area (Å²) in [4.78, 5) is 15.4. The summed E-state index contributed by atoms with van der Waals surface area (Å²) in [6.45, 7) is 6.42. The molecule has 0 radical (unpaired) electrons. The third-order valence-corrected chi connectivity index (χ3v) is 3.42. The molecule has 110 valence electrons. The molecule has 1 saturated carbocycles. The molecule has 20 heavy (non-hydrogen) atoms. The van der Waals surface area contributed by atoms with Crippen LogP contribution in [0.3, 0.4) is 0 Å². The topological polar surface area (TPSA) is 56.2 Å². The normalized spacial score (nSPS) is 15.2. The number of aromatic nitrogens is 2. The number of rotatable bonds is 6. The molecule has 0 aromatic carbocycles. The van der Waals surface area contributed by atoms with Crippen molar-refractivity contribution in [3.05, 3.63) is 22.2 Å². The standard InChI is InChI=1S/C14H20N2O3S/c1-4-10(18-5-2)11-12(13(17)19-6-3)16(9-7-8-9)14(20)15-11/h4,9H,5-8H2,1-3H3,(H,15,20). The lowest BCUT2D eigenvalue weighted by Gasteiger charge is -2.11. The smallest absolute Gasteiger partial charge is 0.357 e. The van der Waals surface area contributed by atoms with Crippen LogP contribution in [-0.4, -0.2) is 28.7 Å². The number of imidazole rings is 1. The van der Waals surface area contributed by atoms with Crippen molar-refractivity contribution in [2.24, 2.45) is 0 Å². The Labute approximate surface area is 123 Å². The molecule has 1 fully saturated rings. The lowest BCUT2D eigenvalue weighted by atomic mass is 10.2. The molecule has 5 nitrogen and oxygen atoms in total. The van der Waals surface area contributed by atoms with E-state index in [0.717, 1.165) is 12.8 Å². The Morgan fingerprint density at radius 2 is 2.05 bits per heavy atom. The lowest BCUT2D eigenvalue weighted by Crippen LogP contribution is -2.14. The van der Waals surface area contributed by atoms with Crippen LogP contribution >= 0.6 is 12.2 Å². The van der Waals surface area contributed by atoms with Gasteiger partial charge in [0.25, 0.3) is 0 Å². The van der Waals surface area contributed by atoms with Crippen molar-refractivity contribution in [3.63, 3.8) is 0 Å². The average molecular weight is 296 g/mol. The van der Waals surface area contributed by atoms with Gasteiger partial charge < -0.3 is 19.0 Å². The van der Waals surface area contributed by atoms with Gasteiger partial charge in [-0.15, -0.1) is 0 Å². The number of nitrogens with one attached hydrogen (secondary N) is 1. The highest BCUT2D eigenvalue weighted by molar-refractivity contribution is 7.71. The number of hydrogen-bond donors (Lipinski definition) is 1. The minimum atomic E-state index is -0.360.